The molecule has 0 atom stereocenters. The topological polar surface area (TPSA) is 56.7 Å². The van der Waals surface area contributed by atoms with Crippen LogP contribution in [0.5, 0.6) is 0 Å². The molecule has 0 bridgehead atoms. The average molecular weight is 731 g/mol. The predicted molar refractivity (Wildman–Crippen MR) is 233 cm³/mol. The molecule has 5 nitrogen and oxygen atoms in total. The van der Waals surface area contributed by atoms with Crippen LogP contribution in [0.3, 0.4) is 0 Å². The third-order valence-electron chi connectivity index (χ3n) is 11.0. The normalized spacial score (nSPS) is 11.6. The van der Waals surface area contributed by atoms with Crippen LogP contribution < -0.4 is 0 Å². The molecule has 57 heavy (non-hydrogen) atoms. The zero-order chi connectivity index (χ0) is 37.9. The number of aryl methyl sites for hydroxylation is 1. The van der Waals surface area contributed by atoms with E-state index in [9.17, 15) is 0 Å². The zero-order valence-electron chi connectivity index (χ0n) is 31.1. The van der Waals surface area contributed by atoms with Crippen LogP contribution in [0.25, 0.3) is 106 Å². The third-order valence-corrected chi connectivity index (χ3v) is 11.0. The highest BCUT2D eigenvalue weighted by Crippen LogP contribution is 2.41. The predicted octanol–water partition coefficient (Wildman–Crippen LogP) is 13.5. The fourth-order valence-electron chi connectivity index (χ4n) is 8.22. The molecule has 0 aliphatic heterocycles. The molecule has 268 valence electrons. The Hall–Kier alpha value is -7.63. The second kappa shape index (κ2) is 13.3. The van der Waals surface area contributed by atoms with Crippen molar-refractivity contribution in [3.8, 4) is 62.1 Å². The summed E-state index contributed by atoms with van der Waals surface area (Å²) in [6, 6.07) is 65.7. The summed E-state index contributed by atoms with van der Waals surface area (Å²) >= 11 is 0. The number of hydrogen-bond acceptors (Lipinski definition) is 4. The number of nitrogens with zero attached hydrogens (tertiary/aromatic N) is 4. The molecular weight excluding hydrogens is 697 g/mol. The number of para-hydroxylation sites is 2. The van der Waals surface area contributed by atoms with Crippen molar-refractivity contribution < 1.29 is 4.42 Å². The Labute approximate surface area is 329 Å². The minimum atomic E-state index is 0.594. The van der Waals surface area contributed by atoms with Gasteiger partial charge in [0.2, 0.25) is 0 Å². The standard InChI is InChI=1S/C52H34N4O/c1-33-14-8-9-19-39(33)38-25-28-46-42(32-38)40-20-10-12-22-45(40)56(46)47-27-24-36(37-26-29-49-43(30-37)41-21-11-13-23-48(41)57-49)31-44(47)52-54-50(34-15-4-2-5-16-34)53-51(55-52)35-17-6-3-7-18-35/h2-32H,1H3. The molecule has 0 aliphatic rings. The van der Waals surface area contributed by atoms with E-state index in [1.807, 2.05) is 48.5 Å². The van der Waals surface area contributed by atoms with Crippen LogP contribution in [0, 0.1) is 6.92 Å². The van der Waals surface area contributed by atoms with Crippen LogP contribution in [-0.4, -0.2) is 19.5 Å². The molecule has 0 radical (unpaired) electrons. The van der Waals surface area contributed by atoms with E-state index in [0.717, 1.165) is 66.5 Å². The molecule has 8 aromatic carbocycles. The molecule has 0 unspecified atom stereocenters. The zero-order valence-corrected chi connectivity index (χ0v) is 31.1. The SMILES string of the molecule is Cc1ccccc1-c1ccc2c(c1)c1ccccc1n2-c1ccc(-c2ccc3oc4ccccc4c3c2)cc1-c1nc(-c2ccccc2)nc(-c2ccccc2)n1. The van der Waals surface area contributed by atoms with E-state index in [4.69, 9.17) is 19.4 Å². The first-order valence-corrected chi connectivity index (χ1v) is 19.2. The summed E-state index contributed by atoms with van der Waals surface area (Å²) in [7, 11) is 0. The van der Waals surface area contributed by atoms with Gasteiger partial charge in [-0.1, -0.05) is 140 Å². The van der Waals surface area contributed by atoms with Crippen molar-refractivity contribution in [1.29, 1.82) is 0 Å². The van der Waals surface area contributed by atoms with Gasteiger partial charge in [0.25, 0.3) is 0 Å². The number of benzene rings is 8. The van der Waals surface area contributed by atoms with Gasteiger partial charge >= 0.3 is 0 Å². The van der Waals surface area contributed by atoms with Crippen molar-refractivity contribution >= 4 is 43.7 Å². The van der Waals surface area contributed by atoms with Crippen molar-refractivity contribution in [2.45, 2.75) is 6.92 Å². The lowest BCUT2D eigenvalue weighted by Gasteiger charge is -2.16. The molecule has 0 aliphatic carbocycles. The monoisotopic (exact) mass is 730 g/mol. The molecule has 0 saturated carbocycles. The molecule has 11 rings (SSSR count). The molecule has 0 saturated heterocycles. The fourth-order valence-corrected chi connectivity index (χ4v) is 8.22. The maximum atomic E-state index is 6.21. The summed E-state index contributed by atoms with van der Waals surface area (Å²) in [5.41, 5.74) is 13.5. The van der Waals surface area contributed by atoms with Crippen LogP contribution >= 0.6 is 0 Å². The van der Waals surface area contributed by atoms with Crippen LogP contribution in [0.4, 0.5) is 0 Å². The number of furan rings is 1. The summed E-state index contributed by atoms with van der Waals surface area (Å²) in [6.07, 6.45) is 0. The van der Waals surface area contributed by atoms with Crippen molar-refractivity contribution in [2.75, 3.05) is 0 Å². The average Bonchev–Trinajstić information content (AvgIpc) is 3.82. The molecule has 5 heteroatoms. The third kappa shape index (κ3) is 5.59. The summed E-state index contributed by atoms with van der Waals surface area (Å²) in [5, 5.41) is 4.54. The minimum absolute atomic E-state index is 0.594. The number of hydrogen-bond donors (Lipinski definition) is 0. The first kappa shape index (κ1) is 32.8. The maximum absolute atomic E-state index is 6.21. The molecule has 0 fully saturated rings. The lowest BCUT2D eigenvalue weighted by Crippen LogP contribution is -2.04. The van der Waals surface area contributed by atoms with E-state index >= 15 is 0 Å². The van der Waals surface area contributed by atoms with E-state index in [1.165, 1.54) is 27.5 Å². The number of fused-ring (bicyclic) bond motifs is 6. The van der Waals surface area contributed by atoms with Crippen LogP contribution in [0.1, 0.15) is 5.56 Å². The lowest BCUT2D eigenvalue weighted by atomic mass is 9.98. The minimum Gasteiger partial charge on any atom is -0.456 e. The molecule has 0 N–H and O–H groups in total. The second-order valence-electron chi connectivity index (χ2n) is 14.5. The largest absolute Gasteiger partial charge is 0.456 e. The van der Waals surface area contributed by atoms with E-state index in [2.05, 4.69) is 151 Å². The Balaban J connectivity index is 1.19. The van der Waals surface area contributed by atoms with Crippen molar-refractivity contribution in [1.82, 2.24) is 19.5 Å². The highest BCUT2D eigenvalue weighted by Gasteiger charge is 2.21. The Morgan fingerprint density at radius 1 is 0.368 bits per heavy atom. The van der Waals surface area contributed by atoms with Gasteiger partial charge in [-0.3, -0.25) is 0 Å². The fraction of sp³-hybridized carbons (Fsp3) is 0.0192. The van der Waals surface area contributed by atoms with Gasteiger partial charge in [-0.05, 0) is 83.3 Å². The summed E-state index contributed by atoms with van der Waals surface area (Å²) < 4.78 is 8.58. The maximum Gasteiger partial charge on any atom is 0.166 e. The molecule has 11 aromatic rings. The lowest BCUT2D eigenvalue weighted by molar-refractivity contribution is 0.669. The Morgan fingerprint density at radius 2 is 0.930 bits per heavy atom. The first-order chi connectivity index (χ1) is 28.2. The Kier molecular flexibility index (Phi) is 7.64. The number of rotatable bonds is 6. The van der Waals surface area contributed by atoms with Gasteiger partial charge in [-0.2, -0.15) is 0 Å². The smallest absolute Gasteiger partial charge is 0.166 e. The van der Waals surface area contributed by atoms with E-state index in [1.54, 1.807) is 0 Å². The first-order valence-electron chi connectivity index (χ1n) is 19.2. The molecule has 3 heterocycles. The van der Waals surface area contributed by atoms with Crippen LogP contribution in [0.15, 0.2) is 192 Å². The summed E-state index contributed by atoms with van der Waals surface area (Å²) in [4.78, 5) is 15.6. The second-order valence-corrected chi connectivity index (χ2v) is 14.5. The van der Waals surface area contributed by atoms with Crippen molar-refractivity contribution in [3.05, 3.63) is 194 Å². The van der Waals surface area contributed by atoms with Crippen LogP contribution in [-0.2, 0) is 0 Å². The van der Waals surface area contributed by atoms with Crippen molar-refractivity contribution in [2.24, 2.45) is 0 Å². The Morgan fingerprint density at radius 3 is 1.70 bits per heavy atom. The van der Waals surface area contributed by atoms with Crippen molar-refractivity contribution in [3.63, 3.8) is 0 Å². The summed E-state index contributed by atoms with van der Waals surface area (Å²) in [5.74, 6) is 1.83. The molecule has 0 spiro atoms. The van der Waals surface area contributed by atoms with Gasteiger partial charge in [0, 0.05) is 38.2 Å². The van der Waals surface area contributed by atoms with Gasteiger partial charge in [0.1, 0.15) is 11.2 Å². The molecule has 0 amide bonds. The van der Waals surface area contributed by atoms with E-state index in [0.29, 0.717) is 17.5 Å². The number of aromatic nitrogens is 4. The highest BCUT2D eigenvalue weighted by atomic mass is 16.3. The van der Waals surface area contributed by atoms with Gasteiger partial charge in [0.15, 0.2) is 17.5 Å². The summed E-state index contributed by atoms with van der Waals surface area (Å²) in [6.45, 7) is 2.17. The Bertz CT molecular complexity index is 3250. The van der Waals surface area contributed by atoms with Crippen LogP contribution in [0.2, 0.25) is 0 Å². The highest BCUT2D eigenvalue weighted by molar-refractivity contribution is 6.11. The van der Waals surface area contributed by atoms with E-state index < -0.39 is 0 Å². The van der Waals surface area contributed by atoms with Gasteiger partial charge in [0.05, 0.1) is 16.7 Å². The van der Waals surface area contributed by atoms with Gasteiger partial charge in [-0.25, -0.2) is 15.0 Å². The quantitative estimate of drug-likeness (QED) is 0.171. The molecule has 3 aromatic heterocycles. The van der Waals surface area contributed by atoms with E-state index in [-0.39, 0.29) is 0 Å². The molecular formula is C52H34N4O. The van der Waals surface area contributed by atoms with Gasteiger partial charge < -0.3 is 8.98 Å². The van der Waals surface area contributed by atoms with Gasteiger partial charge in [-0.15, -0.1) is 0 Å².